The number of carboxylic acids is 1. The van der Waals surface area contributed by atoms with Gasteiger partial charge in [0.05, 0.1) is 16.0 Å². The second-order valence-corrected chi connectivity index (χ2v) is 12.8. The second-order valence-electron chi connectivity index (χ2n) is 9.48. The Balaban J connectivity index is 1.11. The number of nitrogens with one attached hydrogen (secondary N) is 1. The van der Waals surface area contributed by atoms with Crippen LogP contribution in [0.1, 0.15) is 19.3 Å². The lowest BCUT2D eigenvalue weighted by molar-refractivity contribution is -0.150. The molecule has 0 spiro atoms. The average molecular weight is 557 g/mol. The van der Waals surface area contributed by atoms with E-state index in [9.17, 15) is 24.3 Å². The van der Waals surface area contributed by atoms with Crippen LogP contribution in [-0.2, 0) is 19.2 Å². The highest BCUT2D eigenvalue weighted by Gasteiger charge is 2.54. The van der Waals surface area contributed by atoms with Crippen molar-refractivity contribution < 1.29 is 24.3 Å². The molecule has 3 aliphatic heterocycles. The number of allylic oxidation sites excluding steroid dienone is 1. The van der Waals surface area contributed by atoms with Crippen LogP contribution in [0, 0.1) is 5.92 Å². The fraction of sp³-hybridized carbons (Fsp3) is 0.400. The van der Waals surface area contributed by atoms with Gasteiger partial charge in [0.1, 0.15) is 17.1 Å². The Labute approximate surface area is 225 Å². The lowest BCUT2D eigenvalue weighted by Crippen LogP contribution is -2.70. The summed E-state index contributed by atoms with van der Waals surface area (Å²) in [4.78, 5) is 58.1. The van der Waals surface area contributed by atoms with Gasteiger partial charge in [-0.3, -0.25) is 19.3 Å². The van der Waals surface area contributed by atoms with E-state index >= 15 is 0 Å². The first-order valence-electron chi connectivity index (χ1n) is 12.1. The lowest BCUT2D eigenvalue weighted by atomic mass is 10.0. The summed E-state index contributed by atoms with van der Waals surface area (Å²) in [5.41, 5.74) is 1.85. The summed E-state index contributed by atoms with van der Waals surface area (Å²) in [5.74, 6) is -0.944. The Kier molecular flexibility index (Phi) is 6.49. The van der Waals surface area contributed by atoms with E-state index in [1.165, 1.54) is 39.8 Å². The summed E-state index contributed by atoms with van der Waals surface area (Å²) in [6.07, 6.45) is 4.56. The monoisotopic (exact) mass is 556 g/mol. The van der Waals surface area contributed by atoms with Crippen LogP contribution in [0.3, 0.4) is 0 Å². The molecule has 9 nitrogen and oxygen atoms in total. The van der Waals surface area contributed by atoms with Crippen molar-refractivity contribution in [2.24, 2.45) is 5.92 Å². The normalized spacial score (nSPS) is 24.6. The molecule has 4 aliphatic rings. The molecule has 37 heavy (non-hydrogen) atoms. The smallest absolute Gasteiger partial charge is 0.352 e. The number of para-hydroxylation sites is 1. The maximum Gasteiger partial charge on any atom is 0.352 e. The van der Waals surface area contributed by atoms with Gasteiger partial charge in [0, 0.05) is 24.4 Å². The fourth-order valence-corrected chi connectivity index (χ4v) is 7.99. The van der Waals surface area contributed by atoms with Gasteiger partial charge in [-0.25, -0.2) is 9.78 Å². The van der Waals surface area contributed by atoms with Crippen molar-refractivity contribution in [2.75, 3.05) is 24.6 Å². The van der Waals surface area contributed by atoms with E-state index in [0.717, 1.165) is 33.9 Å². The minimum absolute atomic E-state index is 0.0398. The topological polar surface area (TPSA) is 120 Å². The molecule has 0 radical (unpaired) electrons. The molecule has 2 saturated heterocycles. The molecule has 1 aromatic carbocycles. The van der Waals surface area contributed by atoms with Crippen molar-refractivity contribution in [3.05, 3.63) is 47.2 Å². The standard InChI is InChI=1S/C25H24N4O5S3/c30-18(12-36-25-26-16-3-1-2-4-17(16)37-25)27-19-22(32)29-20(24(33)34)15(11-35-23(19)29)9-14-7-8-28(21(14)31)10-13-5-6-13/h1-4,9,13,19,23H,5-8,10-12H2,(H,27,30)(H,33,34)/b14-9+. The number of β-lactam (4-membered cyclic amide) rings is 1. The van der Waals surface area contributed by atoms with Crippen molar-refractivity contribution >= 4 is 68.8 Å². The summed E-state index contributed by atoms with van der Waals surface area (Å²) < 4.78 is 1.82. The maximum atomic E-state index is 13.0. The molecule has 12 heteroatoms. The number of fused-ring (bicyclic) bond motifs is 2. The highest BCUT2D eigenvalue weighted by molar-refractivity contribution is 8.01. The number of aromatic nitrogens is 1. The molecule has 3 amide bonds. The van der Waals surface area contributed by atoms with Crippen molar-refractivity contribution in [1.29, 1.82) is 0 Å². The predicted octanol–water partition coefficient (Wildman–Crippen LogP) is 2.70. The number of amides is 3. The van der Waals surface area contributed by atoms with Crippen LogP contribution in [0.2, 0.25) is 0 Å². The molecule has 2 unspecified atom stereocenters. The molecule has 4 heterocycles. The lowest BCUT2D eigenvalue weighted by Gasteiger charge is -2.49. The van der Waals surface area contributed by atoms with Crippen molar-refractivity contribution in [3.63, 3.8) is 0 Å². The van der Waals surface area contributed by atoms with E-state index < -0.39 is 23.3 Å². The maximum absolute atomic E-state index is 13.0. The Bertz CT molecular complexity index is 1350. The molecule has 1 saturated carbocycles. The number of thiazole rings is 1. The van der Waals surface area contributed by atoms with Crippen molar-refractivity contribution in [3.8, 4) is 0 Å². The number of thioether (sulfide) groups is 2. The Hall–Kier alpha value is -2.83. The molecule has 1 aromatic heterocycles. The van der Waals surface area contributed by atoms with Gasteiger partial charge in [0.15, 0.2) is 4.34 Å². The third-order valence-corrected chi connectivity index (χ3v) is 10.3. The number of carbonyl (C=O) groups excluding carboxylic acids is 3. The fourth-order valence-electron chi connectivity index (χ4n) is 4.81. The molecule has 192 valence electrons. The van der Waals surface area contributed by atoms with Crippen LogP contribution in [-0.4, -0.2) is 79.6 Å². The SMILES string of the molecule is O=C(CSc1nc2ccccc2s1)NC1C(=O)N2C(C(=O)O)=C(/C=C3\CCN(CC4CC4)C3=O)CSC12. The number of rotatable bonds is 8. The summed E-state index contributed by atoms with van der Waals surface area (Å²) in [6.45, 7) is 1.42. The molecule has 0 bridgehead atoms. The first-order valence-corrected chi connectivity index (χ1v) is 14.9. The molecular formula is C25H24N4O5S3. The minimum Gasteiger partial charge on any atom is -0.477 e. The number of likely N-dealkylation sites (tertiary alicyclic amines) is 1. The van der Waals surface area contributed by atoms with E-state index in [1.54, 1.807) is 6.08 Å². The predicted molar refractivity (Wildman–Crippen MR) is 142 cm³/mol. The number of hydrogen-bond donors (Lipinski definition) is 2. The number of nitrogens with zero attached hydrogens (tertiary/aromatic N) is 3. The van der Waals surface area contributed by atoms with Gasteiger partial charge in [-0.05, 0) is 49.0 Å². The van der Waals surface area contributed by atoms with Gasteiger partial charge >= 0.3 is 5.97 Å². The zero-order chi connectivity index (χ0) is 25.7. The van der Waals surface area contributed by atoms with Gasteiger partial charge in [0.25, 0.3) is 5.91 Å². The number of benzene rings is 1. The molecule has 3 fully saturated rings. The number of carboxylic acid groups (broad SMARTS) is 1. The highest BCUT2D eigenvalue weighted by Crippen LogP contribution is 2.41. The van der Waals surface area contributed by atoms with E-state index in [1.807, 2.05) is 29.2 Å². The minimum atomic E-state index is -1.21. The van der Waals surface area contributed by atoms with E-state index in [4.69, 9.17) is 0 Å². The first-order chi connectivity index (χ1) is 17.9. The Morgan fingerprint density at radius 2 is 2.05 bits per heavy atom. The summed E-state index contributed by atoms with van der Waals surface area (Å²) in [6, 6.07) is 6.97. The second kappa shape index (κ2) is 9.80. The van der Waals surface area contributed by atoms with Crippen LogP contribution in [0.25, 0.3) is 10.2 Å². The van der Waals surface area contributed by atoms with E-state index in [0.29, 0.717) is 35.8 Å². The summed E-state index contributed by atoms with van der Waals surface area (Å²) >= 11 is 4.22. The van der Waals surface area contributed by atoms with Crippen LogP contribution in [0.5, 0.6) is 0 Å². The molecule has 1 aliphatic carbocycles. The first kappa shape index (κ1) is 24.5. The molecular weight excluding hydrogens is 532 g/mol. The largest absolute Gasteiger partial charge is 0.477 e. The summed E-state index contributed by atoms with van der Waals surface area (Å²) in [7, 11) is 0. The quantitative estimate of drug-likeness (QED) is 0.289. The van der Waals surface area contributed by atoms with E-state index in [2.05, 4.69) is 10.3 Å². The Morgan fingerprint density at radius 1 is 1.24 bits per heavy atom. The van der Waals surface area contributed by atoms with E-state index in [-0.39, 0.29) is 23.3 Å². The van der Waals surface area contributed by atoms with Gasteiger partial charge < -0.3 is 15.3 Å². The van der Waals surface area contributed by atoms with Crippen LogP contribution < -0.4 is 5.32 Å². The zero-order valence-corrected chi connectivity index (χ0v) is 22.2. The number of hydrogen-bond acceptors (Lipinski definition) is 8. The Morgan fingerprint density at radius 3 is 2.81 bits per heavy atom. The highest BCUT2D eigenvalue weighted by atomic mass is 32.2. The van der Waals surface area contributed by atoms with Gasteiger partial charge in [-0.2, -0.15) is 0 Å². The van der Waals surface area contributed by atoms with Crippen LogP contribution in [0.4, 0.5) is 0 Å². The van der Waals surface area contributed by atoms with Crippen molar-refractivity contribution in [1.82, 2.24) is 20.1 Å². The molecule has 2 N–H and O–H groups in total. The number of aliphatic carboxylic acids is 1. The molecule has 2 atom stereocenters. The van der Waals surface area contributed by atoms with Crippen LogP contribution in [0.15, 0.2) is 51.5 Å². The average Bonchev–Trinajstić information content (AvgIpc) is 3.51. The summed E-state index contributed by atoms with van der Waals surface area (Å²) in [5, 5.41) is 12.2. The van der Waals surface area contributed by atoms with Gasteiger partial charge in [-0.15, -0.1) is 23.1 Å². The molecule has 6 rings (SSSR count). The molecule has 2 aromatic rings. The van der Waals surface area contributed by atoms with Gasteiger partial charge in [-0.1, -0.05) is 23.9 Å². The van der Waals surface area contributed by atoms with Crippen LogP contribution >= 0.6 is 34.9 Å². The van der Waals surface area contributed by atoms with Crippen molar-refractivity contribution in [2.45, 2.75) is 35.0 Å². The van der Waals surface area contributed by atoms with Gasteiger partial charge in [0.2, 0.25) is 11.8 Å². The number of carbonyl (C=O) groups is 4. The third-order valence-electron chi connectivity index (χ3n) is 6.85. The zero-order valence-electron chi connectivity index (χ0n) is 19.7. The third kappa shape index (κ3) is 4.77.